The minimum Gasteiger partial charge on any atom is -0.507 e. The predicted octanol–water partition coefficient (Wildman–Crippen LogP) is 1.77. The van der Waals surface area contributed by atoms with Gasteiger partial charge in [0.05, 0.1) is 12.2 Å². The number of para-hydroxylation sites is 1. The van der Waals surface area contributed by atoms with E-state index in [1.807, 2.05) is 0 Å². The Kier molecular flexibility index (Phi) is 4.20. The first kappa shape index (κ1) is 12.9. The number of carbonyl (C=O) groups excluding carboxylic acids is 1. The third-order valence-electron chi connectivity index (χ3n) is 3.50. The Bertz CT molecular complexity index is 413. The first-order chi connectivity index (χ1) is 8.74. The zero-order valence-corrected chi connectivity index (χ0v) is 10.4. The molecule has 0 unspecified atom stereocenters. The summed E-state index contributed by atoms with van der Waals surface area (Å²) in [6, 6.07) is 6.76. The summed E-state index contributed by atoms with van der Waals surface area (Å²) in [5.74, 6) is -0.183. The van der Waals surface area contributed by atoms with Crippen molar-refractivity contribution in [2.75, 3.05) is 13.2 Å². The van der Waals surface area contributed by atoms with E-state index in [0.29, 0.717) is 12.1 Å². The fraction of sp³-hybridized carbons (Fsp3) is 0.500. The molecule has 1 saturated carbocycles. The second-order valence-electron chi connectivity index (χ2n) is 4.68. The summed E-state index contributed by atoms with van der Waals surface area (Å²) in [7, 11) is 0. The van der Waals surface area contributed by atoms with Crippen LogP contribution in [0.1, 0.15) is 36.0 Å². The van der Waals surface area contributed by atoms with E-state index in [0.717, 1.165) is 25.7 Å². The van der Waals surface area contributed by atoms with Crippen LogP contribution >= 0.6 is 0 Å². The Hall–Kier alpha value is -1.55. The van der Waals surface area contributed by atoms with Crippen molar-refractivity contribution in [3.8, 4) is 5.75 Å². The Morgan fingerprint density at radius 2 is 1.94 bits per heavy atom. The van der Waals surface area contributed by atoms with E-state index in [2.05, 4.69) is 0 Å². The van der Waals surface area contributed by atoms with E-state index >= 15 is 0 Å². The lowest BCUT2D eigenvalue weighted by atomic mass is 10.1. The van der Waals surface area contributed by atoms with Crippen LogP contribution < -0.4 is 0 Å². The van der Waals surface area contributed by atoms with Crippen molar-refractivity contribution in [1.82, 2.24) is 4.90 Å². The van der Waals surface area contributed by atoms with Crippen LogP contribution in [0, 0.1) is 0 Å². The summed E-state index contributed by atoms with van der Waals surface area (Å²) in [5.41, 5.74) is 0.317. The SMILES string of the molecule is O=C(c1ccccc1O)N(CCO)C1CCCC1. The maximum atomic E-state index is 12.4. The number of amides is 1. The van der Waals surface area contributed by atoms with Crippen molar-refractivity contribution >= 4 is 5.91 Å². The van der Waals surface area contributed by atoms with Gasteiger partial charge in [-0.2, -0.15) is 0 Å². The molecule has 2 rings (SSSR count). The number of hydrogen-bond acceptors (Lipinski definition) is 3. The number of nitrogens with zero attached hydrogens (tertiary/aromatic N) is 1. The molecular weight excluding hydrogens is 230 g/mol. The molecule has 0 atom stereocenters. The minimum atomic E-state index is -0.186. The summed E-state index contributed by atoms with van der Waals surface area (Å²) in [5, 5.41) is 18.8. The summed E-state index contributed by atoms with van der Waals surface area (Å²) in [4.78, 5) is 14.1. The van der Waals surface area contributed by atoms with Gasteiger partial charge in [-0.3, -0.25) is 4.79 Å². The van der Waals surface area contributed by atoms with Crippen LogP contribution in [0.4, 0.5) is 0 Å². The molecule has 98 valence electrons. The molecule has 0 bridgehead atoms. The molecule has 1 aromatic carbocycles. The molecule has 2 N–H and O–H groups in total. The summed E-state index contributed by atoms with van der Waals surface area (Å²) < 4.78 is 0. The van der Waals surface area contributed by atoms with Crippen molar-refractivity contribution < 1.29 is 15.0 Å². The highest BCUT2D eigenvalue weighted by molar-refractivity contribution is 5.97. The third-order valence-corrected chi connectivity index (χ3v) is 3.50. The van der Waals surface area contributed by atoms with Crippen LogP contribution in [0.3, 0.4) is 0 Å². The zero-order chi connectivity index (χ0) is 13.0. The van der Waals surface area contributed by atoms with E-state index < -0.39 is 0 Å². The quantitative estimate of drug-likeness (QED) is 0.855. The van der Waals surface area contributed by atoms with E-state index in [-0.39, 0.29) is 24.3 Å². The third kappa shape index (κ3) is 2.64. The van der Waals surface area contributed by atoms with E-state index in [4.69, 9.17) is 5.11 Å². The molecular formula is C14H19NO3. The number of rotatable bonds is 4. The molecule has 0 heterocycles. The molecule has 18 heavy (non-hydrogen) atoms. The first-order valence-corrected chi connectivity index (χ1v) is 6.44. The first-order valence-electron chi connectivity index (χ1n) is 6.44. The van der Waals surface area contributed by atoms with Crippen LogP contribution in [0.25, 0.3) is 0 Å². The van der Waals surface area contributed by atoms with E-state index in [9.17, 15) is 9.90 Å². The fourth-order valence-corrected chi connectivity index (χ4v) is 2.58. The maximum absolute atomic E-state index is 12.4. The minimum absolute atomic E-state index is 0.00318. The van der Waals surface area contributed by atoms with Crippen molar-refractivity contribution in [3.05, 3.63) is 29.8 Å². The summed E-state index contributed by atoms with van der Waals surface area (Å²) >= 11 is 0. The number of aromatic hydroxyl groups is 1. The van der Waals surface area contributed by atoms with Crippen LogP contribution in [0.5, 0.6) is 5.75 Å². The number of aliphatic hydroxyl groups is 1. The second kappa shape index (κ2) is 5.87. The molecule has 0 aliphatic heterocycles. The normalized spacial score (nSPS) is 15.8. The Morgan fingerprint density at radius 1 is 1.28 bits per heavy atom. The monoisotopic (exact) mass is 249 g/mol. The summed E-state index contributed by atoms with van der Waals surface area (Å²) in [6.45, 7) is 0.285. The molecule has 4 nitrogen and oxygen atoms in total. The highest BCUT2D eigenvalue weighted by Gasteiger charge is 2.28. The van der Waals surface area contributed by atoms with Gasteiger partial charge in [-0.25, -0.2) is 0 Å². The lowest BCUT2D eigenvalue weighted by Crippen LogP contribution is -2.40. The highest BCUT2D eigenvalue weighted by Crippen LogP contribution is 2.26. The maximum Gasteiger partial charge on any atom is 0.257 e. The lowest BCUT2D eigenvalue weighted by molar-refractivity contribution is 0.0635. The molecule has 1 fully saturated rings. The molecule has 4 heteroatoms. The van der Waals surface area contributed by atoms with Gasteiger partial charge < -0.3 is 15.1 Å². The second-order valence-corrected chi connectivity index (χ2v) is 4.68. The van der Waals surface area contributed by atoms with Crippen LogP contribution in [-0.4, -0.2) is 40.2 Å². The van der Waals surface area contributed by atoms with Gasteiger partial charge in [0.15, 0.2) is 0 Å². The van der Waals surface area contributed by atoms with Crippen molar-refractivity contribution in [1.29, 1.82) is 0 Å². The average molecular weight is 249 g/mol. The number of benzene rings is 1. The topological polar surface area (TPSA) is 60.8 Å². The molecule has 1 aromatic rings. The Labute approximate surface area is 107 Å². The molecule has 0 spiro atoms. The summed E-state index contributed by atoms with van der Waals surface area (Å²) in [6.07, 6.45) is 4.22. The largest absolute Gasteiger partial charge is 0.507 e. The van der Waals surface area contributed by atoms with Gasteiger partial charge in [0, 0.05) is 12.6 Å². The van der Waals surface area contributed by atoms with Crippen LogP contribution in [0.2, 0.25) is 0 Å². The molecule has 0 saturated heterocycles. The smallest absolute Gasteiger partial charge is 0.257 e. The van der Waals surface area contributed by atoms with Crippen LogP contribution in [-0.2, 0) is 0 Å². The number of hydrogen-bond donors (Lipinski definition) is 2. The van der Waals surface area contributed by atoms with Crippen molar-refractivity contribution in [2.45, 2.75) is 31.7 Å². The molecule has 0 aromatic heterocycles. The van der Waals surface area contributed by atoms with Crippen LogP contribution in [0.15, 0.2) is 24.3 Å². The Balaban J connectivity index is 2.20. The van der Waals surface area contributed by atoms with Gasteiger partial charge >= 0.3 is 0 Å². The number of carbonyl (C=O) groups is 1. The van der Waals surface area contributed by atoms with Gasteiger partial charge in [-0.1, -0.05) is 25.0 Å². The van der Waals surface area contributed by atoms with Gasteiger partial charge in [-0.15, -0.1) is 0 Å². The van der Waals surface area contributed by atoms with Crippen molar-refractivity contribution in [3.63, 3.8) is 0 Å². The fourth-order valence-electron chi connectivity index (χ4n) is 2.58. The van der Waals surface area contributed by atoms with Crippen molar-refractivity contribution in [2.24, 2.45) is 0 Å². The van der Waals surface area contributed by atoms with Gasteiger partial charge in [-0.05, 0) is 25.0 Å². The molecule has 1 amide bonds. The average Bonchev–Trinajstić information content (AvgIpc) is 2.89. The lowest BCUT2D eigenvalue weighted by Gasteiger charge is -2.28. The molecule has 1 aliphatic rings. The number of phenols is 1. The molecule has 1 aliphatic carbocycles. The molecule has 0 radical (unpaired) electrons. The van der Waals surface area contributed by atoms with Gasteiger partial charge in [0.1, 0.15) is 5.75 Å². The number of phenolic OH excluding ortho intramolecular Hbond substituents is 1. The standard InChI is InChI=1S/C14H19NO3/c16-10-9-15(11-5-1-2-6-11)14(18)12-7-3-4-8-13(12)17/h3-4,7-8,11,16-17H,1-2,5-6,9-10H2. The van der Waals surface area contributed by atoms with E-state index in [1.165, 1.54) is 6.07 Å². The van der Waals surface area contributed by atoms with Gasteiger partial charge in [0.2, 0.25) is 0 Å². The zero-order valence-electron chi connectivity index (χ0n) is 10.4. The highest BCUT2D eigenvalue weighted by atomic mass is 16.3. The number of aliphatic hydroxyl groups excluding tert-OH is 1. The predicted molar refractivity (Wildman–Crippen MR) is 68.5 cm³/mol. The Morgan fingerprint density at radius 3 is 2.56 bits per heavy atom. The van der Waals surface area contributed by atoms with E-state index in [1.54, 1.807) is 23.1 Å². The van der Waals surface area contributed by atoms with Gasteiger partial charge in [0.25, 0.3) is 5.91 Å².